The first kappa shape index (κ1) is 21.2. The van der Waals surface area contributed by atoms with E-state index in [4.69, 9.17) is 11.6 Å². The van der Waals surface area contributed by atoms with E-state index in [1.165, 1.54) is 0 Å². The summed E-state index contributed by atoms with van der Waals surface area (Å²) in [7, 11) is 3.80. The first-order valence-corrected chi connectivity index (χ1v) is 11.2. The molecule has 0 amide bonds. The minimum Gasteiger partial charge on any atom is -0.336 e. The van der Waals surface area contributed by atoms with Gasteiger partial charge in [0.1, 0.15) is 11.9 Å². The van der Waals surface area contributed by atoms with Crippen molar-refractivity contribution in [1.29, 1.82) is 0 Å². The Morgan fingerprint density at radius 1 is 1.09 bits per heavy atom. The maximum absolute atomic E-state index is 12.7. The lowest BCUT2D eigenvalue weighted by atomic mass is 9.96. The molecule has 5 aromatic rings. The summed E-state index contributed by atoms with van der Waals surface area (Å²) >= 11 is 6.28. The number of fused-ring (bicyclic) bond motifs is 1. The first-order valence-electron chi connectivity index (χ1n) is 10.9. The second-order valence-electron chi connectivity index (χ2n) is 8.18. The van der Waals surface area contributed by atoms with E-state index in [-0.39, 0.29) is 11.6 Å². The van der Waals surface area contributed by atoms with Crippen LogP contribution in [-0.2, 0) is 20.5 Å². The highest BCUT2D eigenvalue weighted by atomic mass is 35.5. The number of aryl methyl sites for hydroxylation is 3. The average Bonchev–Trinajstić information content (AvgIpc) is 3.46. The molecule has 0 aliphatic carbocycles. The van der Waals surface area contributed by atoms with Gasteiger partial charge in [-0.2, -0.15) is 0 Å². The minimum absolute atomic E-state index is 0.0590. The van der Waals surface area contributed by atoms with Crippen molar-refractivity contribution in [3.05, 3.63) is 106 Å². The van der Waals surface area contributed by atoms with Gasteiger partial charge < -0.3 is 13.7 Å². The molecule has 6 nitrogen and oxygen atoms in total. The third-order valence-corrected chi connectivity index (χ3v) is 6.43. The standard InChI is InChI=1S/C26H24ClN5O/c1-4-24-29-10-11-32(24)26(23-15-28-16-30(23)2)18-8-9-22-21(13-18)20(14-25(33)31(22)3)17-6-5-7-19(27)12-17/h5-16,26H,4H2,1-3H3. The van der Waals surface area contributed by atoms with E-state index in [0.717, 1.165) is 45.5 Å². The van der Waals surface area contributed by atoms with Gasteiger partial charge >= 0.3 is 0 Å². The Kier molecular flexibility index (Phi) is 5.38. The van der Waals surface area contributed by atoms with E-state index in [2.05, 4.69) is 33.6 Å². The molecule has 3 aromatic heterocycles. The summed E-state index contributed by atoms with van der Waals surface area (Å²) < 4.78 is 5.91. The van der Waals surface area contributed by atoms with Gasteiger partial charge in [-0.25, -0.2) is 9.97 Å². The van der Waals surface area contributed by atoms with Gasteiger partial charge in [-0.3, -0.25) is 4.79 Å². The zero-order valence-corrected chi connectivity index (χ0v) is 19.5. The van der Waals surface area contributed by atoms with Gasteiger partial charge in [0, 0.05) is 49.4 Å². The van der Waals surface area contributed by atoms with Crippen LogP contribution in [0.15, 0.2) is 78.2 Å². The number of hydrogen-bond acceptors (Lipinski definition) is 3. The number of rotatable bonds is 5. The fraction of sp³-hybridized carbons (Fsp3) is 0.192. The van der Waals surface area contributed by atoms with E-state index in [9.17, 15) is 4.79 Å². The van der Waals surface area contributed by atoms with E-state index >= 15 is 0 Å². The molecule has 2 aromatic carbocycles. The van der Waals surface area contributed by atoms with Crippen LogP contribution in [0.3, 0.4) is 0 Å². The maximum atomic E-state index is 12.7. The molecule has 3 heterocycles. The topological polar surface area (TPSA) is 57.6 Å². The van der Waals surface area contributed by atoms with Crippen molar-refractivity contribution < 1.29 is 0 Å². The van der Waals surface area contributed by atoms with Crippen LogP contribution in [0.4, 0.5) is 0 Å². The Morgan fingerprint density at radius 3 is 2.67 bits per heavy atom. The molecule has 0 radical (unpaired) electrons. The fourth-order valence-corrected chi connectivity index (χ4v) is 4.69. The number of imidazole rings is 2. The van der Waals surface area contributed by atoms with Crippen molar-refractivity contribution in [3.8, 4) is 11.1 Å². The van der Waals surface area contributed by atoms with Crippen LogP contribution in [0.1, 0.15) is 30.0 Å². The highest BCUT2D eigenvalue weighted by Gasteiger charge is 2.23. The Bertz CT molecular complexity index is 1530. The fourth-order valence-electron chi connectivity index (χ4n) is 4.50. The van der Waals surface area contributed by atoms with E-state index in [0.29, 0.717) is 5.02 Å². The summed E-state index contributed by atoms with van der Waals surface area (Å²) in [6.45, 7) is 2.10. The molecule has 0 fully saturated rings. The second kappa shape index (κ2) is 8.37. The molecule has 0 saturated heterocycles. The highest BCUT2D eigenvalue weighted by Crippen LogP contribution is 2.34. The van der Waals surface area contributed by atoms with Crippen LogP contribution in [0.2, 0.25) is 5.02 Å². The largest absolute Gasteiger partial charge is 0.336 e. The van der Waals surface area contributed by atoms with Crippen LogP contribution >= 0.6 is 11.6 Å². The summed E-state index contributed by atoms with van der Waals surface area (Å²) in [5.74, 6) is 0.997. The quantitative estimate of drug-likeness (QED) is 0.373. The van der Waals surface area contributed by atoms with Crippen molar-refractivity contribution in [2.24, 2.45) is 14.1 Å². The number of nitrogens with zero attached hydrogens (tertiary/aromatic N) is 5. The van der Waals surface area contributed by atoms with Gasteiger partial charge in [0.15, 0.2) is 0 Å². The monoisotopic (exact) mass is 457 g/mol. The summed E-state index contributed by atoms with van der Waals surface area (Å²) in [6.07, 6.45) is 8.38. The van der Waals surface area contributed by atoms with Crippen LogP contribution in [-0.4, -0.2) is 23.7 Å². The first-order chi connectivity index (χ1) is 16.0. The van der Waals surface area contributed by atoms with Crippen molar-refractivity contribution in [1.82, 2.24) is 23.7 Å². The lowest BCUT2D eigenvalue weighted by molar-refractivity contribution is 0.600. The summed E-state index contributed by atoms with van der Waals surface area (Å²) in [4.78, 5) is 21.7. The zero-order chi connectivity index (χ0) is 23.1. The number of hydrogen-bond donors (Lipinski definition) is 0. The lowest BCUT2D eigenvalue weighted by Gasteiger charge is -2.23. The summed E-state index contributed by atoms with van der Waals surface area (Å²) in [5.41, 5.74) is 4.72. The van der Waals surface area contributed by atoms with Gasteiger partial charge in [-0.05, 0) is 41.0 Å². The van der Waals surface area contributed by atoms with E-state index in [1.54, 1.807) is 17.7 Å². The Morgan fingerprint density at radius 2 is 1.94 bits per heavy atom. The molecule has 166 valence electrons. The molecule has 0 spiro atoms. The number of aromatic nitrogens is 5. The van der Waals surface area contributed by atoms with E-state index in [1.807, 2.05) is 66.9 Å². The molecular weight excluding hydrogens is 434 g/mol. The van der Waals surface area contributed by atoms with Crippen molar-refractivity contribution >= 4 is 22.5 Å². The predicted molar refractivity (Wildman–Crippen MR) is 132 cm³/mol. The Balaban J connectivity index is 1.80. The lowest BCUT2D eigenvalue weighted by Crippen LogP contribution is -2.19. The molecule has 0 N–H and O–H groups in total. The zero-order valence-electron chi connectivity index (χ0n) is 18.7. The van der Waals surface area contributed by atoms with Crippen molar-refractivity contribution in [2.45, 2.75) is 19.4 Å². The van der Waals surface area contributed by atoms with Crippen LogP contribution in [0, 0.1) is 0 Å². The second-order valence-corrected chi connectivity index (χ2v) is 8.61. The number of pyridine rings is 1. The van der Waals surface area contributed by atoms with Gasteiger partial charge in [0.25, 0.3) is 5.56 Å². The molecular formula is C26H24ClN5O. The molecule has 0 bridgehead atoms. The SMILES string of the molecule is CCc1nccn1C(c1ccc2c(c1)c(-c1cccc(Cl)c1)cc(=O)n2C)c1cncn1C. The van der Waals surface area contributed by atoms with Gasteiger partial charge in [-0.1, -0.05) is 36.7 Å². The molecule has 1 atom stereocenters. The Labute approximate surface area is 196 Å². The Hall–Kier alpha value is -3.64. The highest BCUT2D eigenvalue weighted by molar-refractivity contribution is 6.30. The molecule has 5 rings (SSSR count). The number of halogens is 1. The van der Waals surface area contributed by atoms with Crippen LogP contribution in [0.25, 0.3) is 22.0 Å². The van der Waals surface area contributed by atoms with Crippen molar-refractivity contribution in [3.63, 3.8) is 0 Å². The van der Waals surface area contributed by atoms with Gasteiger partial charge in [0.2, 0.25) is 0 Å². The van der Waals surface area contributed by atoms with Gasteiger partial charge in [-0.15, -0.1) is 0 Å². The molecule has 7 heteroatoms. The predicted octanol–water partition coefficient (Wildman–Crippen LogP) is 4.99. The third-order valence-electron chi connectivity index (χ3n) is 6.20. The van der Waals surface area contributed by atoms with E-state index < -0.39 is 0 Å². The van der Waals surface area contributed by atoms with Crippen LogP contribution in [0.5, 0.6) is 0 Å². The molecule has 0 saturated carbocycles. The minimum atomic E-state index is -0.108. The van der Waals surface area contributed by atoms with Gasteiger partial charge in [0.05, 0.1) is 23.7 Å². The molecule has 0 aliphatic heterocycles. The summed E-state index contributed by atoms with van der Waals surface area (Å²) in [5, 5.41) is 1.62. The molecule has 1 unspecified atom stereocenters. The normalized spacial score (nSPS) is 12.4. The summed E-state index contributed by atoms with van der Waals surface area (Å²) in [6, 6.07) is 15.5. The van der Waals surface area contributed by atoms with Crippen LogP contribution < -0.4 is 5.56 Å². The molecule has 33 heavy (non-hydrogen) atoms. The molecule has 0 aliphatic rings. The average molecular weight is 458 g/mol. The van der Waals surface area contributed by atoms with Crippen molar-refractivity contribution in [2.75, 3.05) is 0 Å². The maximum Gasteiger partial charge on any atom is 0.251 e. The smallest absolute Gasteiger partial charge is 0.251 e. The third kappa shape index (κ3) is 3.66. The number of benzene rings is 2.